The van der Waals surface area contributed by atoms with E-state index in [1.165, 1.54) is 19.2 Å². The molecular weight excluding hydrogens is 334 g/mol. The van der Waals surface area contributed by atoms with Gasteiger partial charge in [0.2, 0.25) is 0 Å². The molecule has 2 amide bonds. The van der Waals surface area contributed by atoms with E-state index in [2.05, 4.69) is 0 Å². The minimum atomic E-state index is -0.538. The van der Waals surface area contributed by atoms with Gasteiger partial charge in [-0.1, -0.05) is 36.4 Å². The van der Waals surface area contributed by atoms with Crippen LogP contribution in [0.25, 0.3) is 0 Å². The Bertz CT molecular complexity index is 749. The van der Waals surface area contributed by atoms with Crippen molar-refractivity contribution in [2.45, 2.75) is 6.61 Å². The summed E-state index contributed by atoms with van der Waals surface area (Å²) in [6, 6.07) is 16.1. The van der Waals surface area contributed by atoms with Crippen molar-refractivity contribution in [1.82, 2.24) is 10.1 Å². The van der Waals surface area contributed by atoms with Gasteiger partial charge in [0.15, 0.2) is 0 Å². The number of hydrazine groups is 1. The zero-order chi connectivity index (χ0) is 19.1. The third kappa shape index (κ3) is 4.81. The zero-order valence-corrected chi connectivity index (χ0v) is 15.4. The highest BCUT2D eigenvalue weighted by Crippen LogP contribution is 2.20. The van der Waals surface area contributed by atoms with Crippen LogP contribution < -0.4 is 5.01 Å². The largest absolute Gasteiger partial charge is 0.443 e. The minimum absolute atomic E-state index is 0.162. The molecule has 0 fully saturated rings. The van der Waals surface area contributed by atoms with E-state index in [4.69, 9.17) is 9.57 Å². The van der Waals surface area contributed by atoms with E-state index in [1.54, 1.807) is 43.4 Å². The Labute approximate surface area is 153 Å². The van der Waals surface area contributed by atoms with E-state index in [9.17, 15) is 9.59 Å². The van der Waals surface area contributed by atoms with E-state index in [1.807, 2.05) is 30.3 Å². The highest BCUT2D eigenvalue weighted by atomic mass is 16.7. The Morgan fingerprint density at radius 1 is 0.962 bits per heavy atom. The van der Waals surface area contributed by atoms with Crippen molar-refractivity contribution in [3.05, 3.63) is 65.7 Å². The van der Waals surface area contributed by atoms with E-state index in [0.717, 1.165) is 10.6 Å². The van der Waals surface area contributed by atoms with E-state index < -0.39 is 6.09 Å². The van der Waals surface area contributed by atoms with Crippen molar-refractivity contribution >= 4 is 17.7 Å². The number of carbonyl (C=O) groups is 2. The molecule has 0 heterocycles. The molecular formula is C19H23N3O4. The van der Waals surface area contributed by atoms with Crippen LogP contribution in [-0.4, -0.2) is 50.3 Å². The maximum absolute atomic E-state index is 12.6. The molecule has 0 aliphatic heterocycles. The van der Waals surface area contributed by atoms with Gasteiger partial charge in [-0.15, -0.1) is 0 Å². The summed E-state index contributed by atoms with van der Waals surface area (Å²) in [6.45, 7) is 0.162. The summed E-state index contributed by atoms with van der Waals surface area (Å²) in [5, 5.41) is 4.07. The molecule has 0 saturated heterocycles. The SMILES string of the molecule is CON(C)C(=O)c1cccc(N(C(=O)OCc2ccccc2)N(C)C)c1. The first-order valence-electron chi connectivity index (χ1n) is 8.04. The van der Waals surface area contributed by atoms with Crippen LogP contribution in [0.2, 0.25) is 0 Å². The Balaban J connectivity index is 2.18. The highest BCUT2D eigenvalue weighted by molar-refractivity contribution is 5.95. The lowest BCUT2D eigenvalue weighted by Crippen LogP contribution is -2.42. The van der Waals surface area contributed by atoms with Crippen molar-refractivity contribution in [2.24, 2.45) is 0 Å². The number of benzene rings is 2. The first-order valence-corrected chi connectivity index (χ1v) is 8.04. The van der Waals surface area contributed by atoms with Crippen molar-refractivity contribution < 1.29 is 19.2 Å². The summed E-state index contributed by atoms with van der Waals surface area (Å²) in [4.78, 5) is 29.7. The lowest BCUT2D eigenvalue weighted by atomic mass is 10.2. The number of rotatable bonds is 6. The molecule has 0 unspecified atom stereocenters. The van der Waals surface area contributed by atoms with Gasteiger partial charge in [0.25, 0.3) is 5.91 Å². The Kier molecular flexibility index (Phi) is 6.71. The van der Waals surface area contributed by atoms with E-state index in [0.29, 0.717) is 11.3 Å². The number of anilines is 1. The topological polar surface area (TPSA) is 62.3 Å². The smallest absolute Gasteiger partial charge is 0.429 e. The second-order valence-corrected chi connectivity index (χ2v) is 5.73. The van der Waals surface area contributed by atoms with Crippen LogP contribution in [0, 0.1) is 0 Å². The van der Waals surface area contributed by atoms with Crippen molar-refractivity contribution in [2.75, 3.05) is 33.3 Å². The Morgan fingerprint density at radius 3 is 2.27 bits per heavy atom. The molecule has 0 bridgehead atoms. The zero-order valence-electron chi connectivity index (χ0n) is 15.4. The molecule has 0 aliphatic rings. The van der Waals surface area contributed by atoms with Crippen LogP contribution in [0.4, 0.5) is 10.5 Å². The fourth-order valence-corrected chi connectivity index (χ4v) is 2.32. The molecule has 2 aromatic rings. The molecule has 7 heteroatoms. The fourth-order valence-electron chi connectivity index (χ4n) is 2.32. The predicted molar refractivity (Wildman–Crippen MR) is 98.3 cm³/mol. The molecule has 0 N–H and O–H groups in total. The number of amides is 2. The summed E-state index contributed by atoms with van der Waals surface area (Å²) in [5.74, 6) is -0.314. The van der Waals surface area contributed by atoms with Gasteiger partial charge in [-0.25, -0.2) is 19.9 Å². The second-order valence-electron chi connectivity index (χ2n) is 5.73. The van der Waals surface area contributed by atoms with Gasteiger partial charge in [0.1, 0.15) is 6.61 Å². The molecule has 138 valence electrons. The van der Waals surface area contributed by atoms with Crippen LogP contribution in [0.15, 0.2) is 54.6 Å². The average Bonchev–Trinajstić information content (AvgIpc) is 2.66. The van der Waals surface area contributed by atoms with Crippen LogP contribution in [0.1, 0.15) is 15.9 Å². The average molecular weight is 357 g/mol. The molecule has 2 aromatic carbocycles. The molecule has 0 aliphatic carbocycles. The lowest BCUT2D eigenvalue weighted by Gasteiger charge is -2.28. The second kappa shape index (κ2) is 8.98. The van der Waals surface area contributed by atoms with Crippen molar-refractivity contribution in [1.29, 1.82) is 0 Å². The predicted octanol–water partition coefficient (Wildman–Crippen LogP) is 2.94. The molecule has 7 nitrogen and oxygen atoms in total. The molecule has 0 spiro atoms. The van der Waals surface area contributed by atoms with Gasteiger partial charge in [-0.05, 0) is 23.8 Å². The van der Waals surface area contributed by atoms with Crippen LogP contribution in [0.3, 0.4) is 0 Å². The molecule has 0 aromatic heterocycles. The van der Waals surface area contributed by atoms with Crippen LogP contribution in [-0.2, 0) is 16.2 Å². The van der Waals surface area contributed by atoms with Crippen LogP contribution >= 0.6 is 0 Å². The van der Waals surface area contributed by atoms with Gasteiger partial charge in [0.05, 0.1) is 12.8 Å². The fraction of sp³-hybridized carbons (Fsp3) is 0.263. The quantitative estimate of drug-likeness (QED) is 0.744. The summed E-state index contributed by atoms with van der Waals surface area (Å²) in [5.41, 5.74) is 1.81. The summed E-state index contributed by atoms with van der Waals surface area (Å²) in [6.07, 6.45) is -0.538. The van der Waals surface area contributed by atoms with Gasteiger partial charge >= 0.3 is 6.09 Å². The first kappa shape index (κ1) is 19.4. The number of carbonyl (C=O) groups excluding carboxylic acids is 2. The highest BCUT2D eigenvalue weighted by Gasteiger charge is 2.22. The Hall–Kier alpha value is -2.90. The minimum Gasteiger partial charge on any atom is -0.443 e. The summed E-state index contributed by atoms with van der Waals surface area (Å²) >= 11 is 0. The molecule has 0 saturated carbocycles. The lowest BCUT2D eigenvalue weighted by molar-refractivity contribution is -0.0756. The molecule has 0 radical (unpaired) electrons. The van der Waals surface area contributed by atoms with Crippen LogP contribution in [0.5, 0.6) is 0 Å². The molecule has 26 heavy (non-hydrogen) atoms. The number of hydroxylamine groups is 2. The maximum atomic E-state index is 12.6. The maximum Gasteiger partial charge on any atom is 0.429 e. The summed E-state index contributed by atoms with van der Waals surface area (Å²) < 4.78 is 5.40. The number of nitrogens with zero attached hydrogens (tertiary/aromatic N) is 3. The van der Waals surface area contributed by atoms with Gasteiger partial charge in [-0.3, -0.25) is 9.63 Å². The number of ether oxygens (including phenoxy) is 1. The summed E-state index contributed by atoms with van der Waals surface area (Å²) in [7, 11) is 6.38. The molecule has 2 rings (SSSR count). The van der Waals surface area contributed by atoms with Crippen molar-refractivity contribution in [3.63, 3.8) is 0 Å². The van der Waals surface area contributed by atoms with E-state index in [-0.39, 0.29) is 12.5 Å². The molecule has 0 atom stereocenters. The van der Waals surface area contributed by atoms with Gasteiger partial charge < -0.3 is 4.74 Å². The van der Waals surface area contributed by atoms with Gasteiger partial charge in [-0.2, -0.15) is 0 Å². The number of hydrogen-bond acceptors (Lipinski definition) is 5. The third-order valence-corrected chi connectivity index (χ3v) is 3.68. The monoisotopic (exact) mass is 357 g/mol. The third-order valence-electron chi connectivity index (χ3n) is 3.68. The van der Waals surface area contributed by atoms with Gasteiger partial charge in [0, 0.05) is 26.7 Å². The standard InChI is InChI=1S/C19H23N3O4/c1-20(2)22(19(24)26-14-15-9-6-5-7-10-15)17-12-8-11-16(13-17)18(23)21(3)25-4/h5-13H,14H2,1-4H3. The number of hydrogen-bond donors (Lipinski definition) is 0. The van der Waals surface area contributed by atoms with Crippen molar-refractivity contribution in [3.8, 4) is 0 Å². The van der Waals surface area contributed by atoms with E-state index >= 15 is 0 Å². The first-order chi connectivity index (χ1) is 12.4. The normalized spacial score (nSPS) is 10.5. The Morgan fingerprint density at radius 2 is 1.65 bits per heavy atom.